The van der Waals surface area contributed by atoms with E-state index in [0.717, 1.165) is 0 Å². The van der Waals surface area contributed by atoms with Gasteiger partial charge in [0.25, 0.3) is 0 Å². The smallest absolute Gasteiger partial charge is 0.166 e. The number of hydrogen-bond donors (Lipinski definition) is 0. The zero-order valence-electron chi connectivity index (χ0n) is 7.87. The third kappa shape index (κ3) is 2.75. The molecular formula is C10H12N2O. The van der Waals surface area contributed by atoms with Gasteiger partial charge in [0.05, 0.1) is 11.8 Å². The molecular weight excluding hydrogens is 164 g/mol. The first-order chi connectivity index (χ1) is 6.24. The maximum absolute atomic E-state index is 11.4. The molecule has 1 aromatic heterocycles. The fraction of sp³-hybridized carbons (Fsp3) is 0.400. The topological polar surface area (TPSA) is 34.9 Å². The van der Waals surface area contributed by atoms with E-state index in [2.05, 4.69) is 16.9 Å². The average Bonchev–Trinajstić information content (AvgIpc) is 2.52. The molecule has 0 aliphatic rings. The van der Waals surface area contributed by atoms with Gasteiger partial charge in [-0.05, 0) is 6.92 Å². The zero-order chi connectivity index (χ0) is 9.68. The van der Waals surface area contributed by atoms with Crippen molar-refractivity contribution < 1.29 is 4.79 Å². The highest BCUT2D eigenvalue weighted by Gasteiger charge is 2.05. The minimum atomic E-state index is 0.107. The quantitative estimate of drug-likeness (QED) is 0.515. The Hall–Kier alpha value is -1.56. The monoisotopic (exact) mass is 176 g/mol. The van der Waals surface area contributed by atoms with E-state index in [4.69, 9.17) is 0 Å². The summed E-state index contributed by atoms with van der Waals surface area (Å²) in [6, 6.07) is 0. The SMILES string of the molecule is CC#CCCC(=O)c1cnn(C)c1. The highest BCUT2D eigenvalue weighted by Crippen LogP contribution is 2.02. The van der Waals surface area contributed by atoms with Crippen molar-refractivity contribution in [2.75, 3.05) is 0 Å². The van der Waals surface area contributed by atoms with Gasteiger partial charge in [-0.15, -0.1) is 11.8 Å². The van der Waals surface area contributed by atoms with Gasteiger partial charge >= 0.3 is 0 Å². The first-order valence-electron chi connectivity index (χ1n) is 4.15. The Kier molecular flexibility index (Phi) is 3.27. The van der Waals surface area contributed by atoms with Crippen LogP contribution in [0.15, 0.2) is 12.4 Å². The highest BCUT2D eigenvalue weighted by molar-refractivity contribution is 5.95. The predicted molar refractivity (Wildman–Crippen MR) is 50.2 cm³/mol. The number of Topliss-reactive ketones (excluding diaryl/α,β-unsaturated/α-hetero) is 1. The van der Waals surface area contributed by atoms with Crippen LogP contribution < -0.4 is 0 Å². The maximum Gasteiger partial charge on any atom is 0.166 e. The van der Waals surface area contributed by atoms with Crippen LogP contribution in [0.1, 0.15) is 30.1 Å². The van der Waals surface area contributed by atoms with E-state index < -0.39 is 0 Å². The van der Waals surface area contributed by atoms with Crippen molar-refractivity contribution in [3.05, 3.63) is 18.0 Å². The van der Waals surface area contributed by atoms with Crippen LogP contribution in [0.5, 0.6) is 0 Å². The van der Waals surface area contributed by atoms with Gasteiger partial charge < -0.3 is 0 Å². The molecule has 68 valence electrons. The largest absolute Gasteiger partial charge is 0.294 e. The second-order valence-electron chi connectivity index (χ2n) is 2.75. The third-order valence-corrected chi connectivity index (χ3v) is 1.68. The normalized spacial score (nSPS) is 9.08. The second-order valence-corrected chi connectivity index (χ2v) is 2.75. The molecule has 0 unspecified atom stereocenters. The first kappa shape index (κ1) is 9.53. The minimum Gasteiger partial charge on any atom is -0.294 e. The molecule has 0 bridgehead atoms. The molecule has 0 spiro atoms. The van der Waals surface area contributed by atoms with Crippen LogP contribution in [0.2, 0.25) is 0 Å². The molecule has 1 aromatic rings. The third-order valence-electron chi connectivity index (χ3n) is 1.68. The fourth-order valence-electron chi connectivity index (χ4n) is 1.01. The van der Waals surface area contributed by atoms with Crippen molar-refractivity contribution in [1.29, 1.82) is 0 Å². The summed E-state index contributed by atoms with van der Waals surface area (Å²) in [7, 11) is 1.79. The molecule has 0 fully saturated rings. The number of rotatable bonds is 3. The number of ketones is 1. The summed E-state index contributed by atoms with van der Waals surface area (Å²) in [6.45, 7) is 1.77. The number of carbonyl (C=O) groups is 1. The Morgan fingerprint density at radius 3 is 3.00 bits per heavy atom. The molecule has 0 saturated heterocycles. The van der Waals surface area contributed by atoms with Crippen molar-refractivity contribution in [3.8, 4) is 11.8 Å². The van der Waals surface area contributed by atoms with E-state index in [1.807, 2.05) is 0 Å². The van der Waals surface area contributed by atoms with Gasteiger partial charge in [-0.25, -0.2) is 0 Å². The molecule has 3 heteroatoms. The highest BCUT2D eigenvalue weighted by atomic mass is 16.1. The molecule has 0 amide bonds. The molecule has 3 nitrogen and oxygen atoms in total. The van der Waals surface area contributed by atoms with E-state index in [-0.39, 0.29) is 5.78 Å². The molecule has 0 radical (unpaired) electrons. The summed E-state index contributed by atoms with van der Waals surface area (Å²) >= 11 is 0. The van der Waals surface area contributed by atoms with Crippen molar-refractivity contribution in [2.24, 2.45) is 7.05 Å². The van der Waals surface area contributed by atoms with Gasteiger partial charge in [0.2, 0.25) is 0 Å². The number of hydrogen-bond acceptors (Lipinski definition) is 2. The summed E-state index contributed by atoms with van der Waals surface area (Å²) in [4.78, 5) is 11.4. The van der Waals surface area contributed by atoms with Crippen LogP contribution >= 0.6 is 0 Å². The lowest BCUT2D eigenvalue weighted by Gasteiger charge is -1.91. The van der Waals surface area contributed by atoms with Gasteiger partial charge in [0.15, 0.2) is 5.78 Å². The van der Waals surface area contributed by atoms with Gasteiger partial charge in [-0.3, -0.25) is 9.48 Å². The summed E-state index contributed by atoms with van der Waals surface area (Å²) in [5.41, 5.74) is 0.667. The summed E-state index contributed by atoms with van der Waals surface area (Å²) in [5, 5.41) is 3.93. The molecule has 1 heterocycles. The molecule has 0 aromatic carbocycles. The Balaban J connectivity index is 2.52. The number of nitrogens with zero attached hydrogens (tertiary/aromatic N) is 2. The maximum atomic E-state index is 11.4. The molecule has 0 saturated carbocycles. The Labute approximate surface area is 77.8 Å². The lowest BCUT2D eigenvalue weighted by molar-refractivity contribution is 0.0984. The van der Waals surface area contributed by atoms with Crippen molar-refractivity contribution in [3.63, 3.8) is 0 Å². The van der Waals surface area contributed by atoms with Gasteiger partial charge in [-0.2, -0.15) is 5.10 Å². The second kappa shape index (κ2) is 4.46. The molecule has 0 aliphatic heterocycles. The minimum absolute atomic E-state index is 0.107. The van der Waals surface area contributed by atoms with E-state index >= 15 is 0 Å². The van der Waals surface area contributed by atoms with E-state index in [0.29, 0.717) is 18.4 Å². The zero-order valence-corrected chi connectivity index (χ0v) is 7.87. The van der Waals surface area contributed by atoms with E-state index in [1.54, 1.807) is 31.0 Å². The lowest BCUT2D eigenvalue weighted by Crippen LogP contribution is -1.96. The molecule has 0 atom stereocenters. The van der Waals surface area contributed by atoms with Gasteiger partial charge in [-0.1, -0.05) is 0 Å². The van der Waals surface area contributed by atoms with Crippen molar-refractivity contribution in [1.82, 2.24) is 9.78 Å². The van der Waals surface area contributed by atoms with E-state index in [1.165, 1.54) is 0 Å². The van der Waals surface area contributed by atoms with Crippen LogP contribution in [0.4, 0.5) is 0 Å². The van der Waals surface area contributed by atoms with Crippen LogP contribution in [0.25, 0.3) is 0 Å². The van der Waals surface area contributed by atoms with Crippen LogP contribution in [0.3, 0.4) is 0 Å². The number of aryl methyl sites for hydroxylation is 1. The van der Waals surface area contributed by atoms with E-state index in [9.17, 15) is 4.79 Å². The molecule has 13 heavy (non-hydrogen) atoms. The Morgan fingerprint density at radius 2 is 2.46 bits per heavy atom. The van der Waals surface area contributed by atoms with Crippen molar-refractivity contribution in [2.45, 2.75) is 19.8 Å². The summed E-state index contributed by atoms with van der Waals surface area (Å²) in [6.07, 6.45) is 4.42. The Bertz CT molecular complexity index is 354. The predicted octanol–water partition coefficient (Wildman–Crippen LogP) is 1.41. The molecule has 0 N–H and O–H groups in total. The van der Waals surface area contributed by atoms with Crippen LogP contribution in [0, 0.1) is 11.8 Å². The average molecular weight is 176 g/mol. The van der Waals surface area contributed by atoms with Crippen LogP contribution in [-0.2, 0) is 7.05 Å². The van der Waals surface area contributed by atoms with Gasteiger partial charge in [0.1, 0.15) is 0 Å². The summed E-state index contributed by atoms with van der Waals surface area (Å²) < 4.78 is 1.62. The fourth-order valence-corrected chi connectivity index (χ4v) is 1.01. The standard InChI is InChI=1S/C10H12N2O/c1-3-4-5-6-10(13)9-7-11-12(2)8-9/h7-8H,5-6H2,1-2H3. The van der Waals surface area contributed by atoms with Crippen LogP contribution in [-0.4, -0.2) is 15.6 Å². The summed E-state index contributed by atoms with van der Waals surface area (Å²) in [5.74, 6) is 5.72. The molecule has 1 rings (SSSR count). The number of carbonyl (C=O) groups excluding carboxylic acids is 1. The first-order valence-corrected chi connectivity index (χ1v) is 4.15. The lowest BCUT2D eigenvalue weighted by atomic mass is 10.1. The molecule has 0 aliphatic carbocycles. The van der Waals surface area contributed by atoms with Gasteiger partial charge in [0, 0.05) is 26.1 Å². The Morgan fingerprint density at radius 1 is 1.69 bits per heavy atom. The number of aromatic nitrogens is 2. The van der Waals surface area contributed by atoms with Crippen molar-refractivity contribution >= 4 is 5.78 Å².